The van der Waals surface area contributed by atoms with Crippen LogP contribution in [0.25, 0.3) is 0 Å². The molecule has 2 aromatic rings. The summed E-state index contributed by atoms with van der Waals surface area (Å²) in [4.78, 5) is 18.8. The number of aromatic nitrogens is 1. The quantitative estimate of drug-likeness (QED) is 0.867. The minimum absolute atomic E-state index is 0.0228. The van der Waals surface area contributed by atoms with E-state index in [9.17, 15) is 4.79 Å². The van der Waals surface area contributed by atoms with Crippen LogP contribution in [0.5, 0.6) is 5.88 Å². The summed E-state index contributed by atoms with van der Waals surface area (Å²) >= 11 is 0. The third-order valence-electron chi connectivity index (χ3n) is 4.10. The second-order valence-electron chi connectivity index (χ2n) is 6.48. The molecule has 0 aliphatic carbocycles. The van der Waals surface area contributed by atoms with Gasteiger partial charge in [0, 0.05) is 18.8 Å². The molecule has 0 atom stereocenters. The third-order valence-corrected chi connectivity index (χ3v) is 4.10. The number of pyridine rings is 1. The first-order chi connectivity index (χ1) is 11.6. The number of carbonyl (C=O) groups excluding carboxylic acids is 1. The summed E-state index contributed by atoms with van der Waals surface area (Å²) in [6.07, 6.45) is 1.58. The van der Waals surface area contributed by atoms with Crippen LogP contribution >= 0.6 is 0 Å². The van der Waals surface area contributed by atoms with Crippen LogP contribution in [0.1, 0.15) is 29.8 Å². The molecule has 1 aromatic heterocycles. The molecule has 5 heteroatoms. The molecule has 3 rings (SSSR count). The highest BCUT2D eigenvalue weighted by Crippen LogP contribution is 2.22. The van der Waals surface area contributed by atoms with Crippen LogP contribution in [0.15, 0.2) is 48.7 Å². The molecule has 1 fully saturated rings. The number of morpholine rings is 1. The molecule has 5 nitrogen and oxygen atoms in total. The van der Waals surface area contributed by atoms with Crippen LogP contribution in [-0.2, 0) is 11.3 Å². The van der Waals surface area contributed by atoms with Crippen molar-refractivity contribution in [2.75, 3.05) is 19.8 Å². The van der Waals surface area contributed by atoms with Gasteiger partial charge >= 0.3 is 0 Å². The first-order valence-electron chi connectivity index (χ1n) is 8.09. The fraction of sp³-hybridized carbons (Fsp3) is 0.368. The summed E-state index contributed by atoms with van der Waals surface area (Å²) in [5.41, 5.74) is 1.34. The predicted molar refractivity (Wildman–Crippen MR) is 90.9 cm³/mol. The summed E-state index contributed by atoms with van der Waals surface area (Å²) < 4.78 is 11.1. The molecule has 0 radical (unpaired) electrons. The van der Waals surface area contributed by atoms with E-state index in [1.54, 1.807) is 18.3 Å². The van der Waals surface area contributed by atoms with Gasteiger partial charge in [0.25, 0.3) is 5.91 Å². The van der Waals surface area contributed by atoms with Crippen molar-refractivity contribution in [3.8, 4) is 5.88 Å². The first-order valence-corrected chi connectivity index (χ1v) is 8.09. The van der Waals surface area contributed by atoms with E-state index in [-0.39, 0.29) is 11.4 Å². The number of ether oxygens (including phenoxy) is 2. The van der Waals surface area contributed by atoms with Gasteiger partial charge < -0.3 is 14.4 Å². The number of nitrogens with zero attached hydrogens (tertiary/aromatic N) is 2. The van der Waals surface area contributed by atoms with E-state index < -0.39 is 0 Å². The first kappa shape index (κ1) is 16.5. The summed E-state index contributed by atoms with van der Waals surface area (Å²) in [6, 6.07) is 13.4. The molecule has 2 heterocycles. The van der Waals surface area contributed by atoms with Gasteiger partial charge in [0.05, 0.1) is 24.3 Å². The number of benzene rings is 1. The van der Waals surface area contributed by atoms with Crippen molar-refractivity contribution in [1.29, 1.82) is 0 Å². The maximum Gasteiger partial charge on any atom is 0.256 e. The van der Waals surface area contributed by atoms with Gasteiger partial charge in [-0.1, -0.05) is 30.3 Å². The summed E-state index contributed by atoms with van der Waals surface area (Å²) in [5.74, 6) is 0.488. The van der Waals surface area contributed by atoms with Gasteiger partial charge in [-0.05, 0) is 25.5 Å². The number of carbonyl (C=O) groups is 1. The highest BCUT2D eigenvalue weighted by Gasteiger charge is 2.34. The zero-order valence-electron chi connectivity index (χ0n) is 14.1. The standard InChI is InChI=1S/C19H22N2O3/c1-19(2)14-23-11-10-21(19)18(22)16-8-9-17(20-12-16)24-13-15-6-4-3-5-7-15/h3-9,12H,10-11,13-14H2,1-2H3. The average Bonchev–Trinajstić information content (AvgIpc) is 2.60. The normalized spacial score (nSPS) is 16.7. The minimum atomic E-state index is -0.308. The van der Waals surface area contributed by atoms with Gasteiger partial charge in [-0.25, -0.2) is 4.98 Å². The van der Waals surface area contributed by atoms with Gasteiger partial charge in [-0.3, -0.25) is 4.79 Å². The Morgan fingerprint density at radius 2 is 2.04 bits per heavy atom. The second kappa shape index (κ2) is 7.01. The fourth-order valence-electron chi connectivity index (χ4n) is 2.71. The molecule has 126 valence electrons. The molecule has 1 saturated heterocycles. The molecule has 1 aromatic carbocycles. The van der Waals surface area contributed by atoms with Crippen LogP contribution in [0.2, 0.25) is 0 Å². The summed E-state index contributed by atoms with van der Waals surface area (Å²) in [6.45, 7) is 6.19. The molecule has 1 amide bonds. The Labute approximate surface area is 142 Å². The van der Waals surface area contributed by atoms with Crippen molar-refractivity contribution in [3.63, 3.8) is 0 Å². The van der Waals surface area contributed by atoms with Crippen molar-refractivity contribution in [3.05, 3.63) is 59.8 Å². The lowest BCUT2D eigenvalue weighted by molar-refractivity contribution is -0.0370. The van der Waals surface area contributed by atoms with Crippen LogP contribution < -0.4 is 4.74 Å². The van der Waals surface area contributed by atoms with Crippen molar-refractivity contribution in [1.82, 2.24) is 9.88 Å². The Morgan fingerprint density at radius 3 is 2.71 bits per heavy atom. The SMILES string of the molecule is CC1(C)COCCN1C(=O)c1ccc(OCc2ccccc2)nc1. The van der Waals surface area contributed by atoms with Crippen molar-refractivity contribution >= 4 is 5.91 Å². The summed E-state index contributed by atoms with van der Waals surface area (Å²) in [5, 5.41) is 0. The Morgan fingerprint density at radius 1 is 1.25 bits per heavy atom. The van der Waals surface area contributed by atoms with Crippen LogP contribution in [-0.4, -0.2) is 41.1 Å². The molecule has 0 bridgehead atoms. The molecule has 1 aliphatic rings. The zero-order chi connectivity index (χ0) is 17.0. The molecule has 24 heavy (non-hydrogen) atoms. The lowest BCUT2D eigenvalue weighted by Gasteiger charge is -2.42. The zero-order valence-corrected chi connectivity index (χ0v) is 14.1. The van der Waals surface area contributed by atoms with E-state index in [0.717, 1.165) is 5.56 Å². The minimum Gasteiger partial charge on any atom is -0.473 e. The van der Waals surface area contributed by atoms with Crippen LogP contribution in [0.4, 0.5) is 0 Å². The molecule has 0 unspecified atom stereocenters. The molecule has 0 saturated carbocycles. The van der Waals surface area contributed by atoms with E-state index in [1.807, 2.05) is 49.1 Å². The van der Waals surface area contributed by atoms with Gasteiger partial charge in [-0.2, -0.15) is 0 Å². The van der Waals surface area contributed by atoms with Crippen molar-refractivity contribution < 1.29 is 14.3 Å². The smallest absolute Gasteiger partial charge is 0.256 e. The Bertz CT molecular complexity index is 684. The monoisotopic (exact) mass is 326 g/mol. The lowest BCUT2D eigenvalue weighted by atomic mass is 10.0. The number of hydrogen-bond donors (Lipinski definition) is 0. The maximum atomic E-state index is 12.7. The van der Waals surface area contributed by atoms with E-state index in [4.69, 9.17) is 9.47 Å². The van der Waals surface area contributed by atoms with Crippen LogP contribution in [0.3, 0.4) is 0 Å². The van der Waals surface area contributed by atoms with E-state index >= 15 is 0 Å². The van der Waals surface area contributed by atoms with Gasteiger partial charge in [0.1, 0.15) is 6.61 Å². The molecule has 1 aliphatic heterocycles. The number of hydrogen-bond acceptors (Lipinski definition) is 4. The lowest BCUT2D eigenvalue weighted by Crippen LogP contribution is -2.55. The van der Waals surface area contributed by atoms with Crippen molar-refractivity contribution in [2.24, 2.45) is 0 Å². The Kier molecular flexibility index (Phi) is 4.81. The predicted octanol–water partition coefficient (Wildman–Crippen LogP) is 2.91. The largest absolute Gasteiger partial charge is 0.473 e. The topological polar surface area (TPSA) is 51.7 Å². The van der Waals surface area contributed by atoms with Gasteiger partial charge in [0.15, 0.2) is 0 Å². The van der Waals surface area contributed by atoms with E-state index in [1.165, 1.54) is 0 Å². The second-order valence-corrected chi connectivity index (χ2v) is 6.48. The highest BCUT2D eigenvalue weighted by molar-refractivity contribution is 5.94. The number of amides is 1. The van der Waals surface area contributed by atoms with Crippen LogP contribution in [0, 0.1) is 0 Å². The van der Waals surface area contributed by atoms with Crippen molar-refractivity contribution in [2.45, 2.75) is 26.0 Å². The van der Waals surface area contributed by atoms with E-state index in [0.29, 0.717) is 37.8 Å². The highest BCUT2D eigenvalue weighted by atomic mass is 16.5. The molecule has 0 spiro atoms. The average molecular weight is 326 g/mol. The molecule has 0 N–H and O–H groups in total. The third kappa shape index (κ3) is 3.74. The summed E-state index contributed by atoms with van der Waals surface area (Å²) in [7, 11) is 0. The van der Waals surface area contributed by atoms with E-state index in [2.05, 4.69) is 4.98 Å². The fourth-order valence-corrected chi connectivity index (χ4v) is 2.71. The Balaban J connectivity index is 1.64. The van der Waals surface area contributed by atoms with Gasteiger partial charge in [-0.15, -0.1) is 0 Å². The van der Waals surface area contributed by atoms with Gasteiger partial charge in [0.2, 0.25) is 5.88 Å². The molecular weight excluding hydrogens is 304 g/mol. The number of rotatable bonds is 4. The maximum absolute atomic E-state index is 12.7. The molecular formula is C19H22N2O3. The Hall–Kier alpha value is -2.40.